The Balaban J connectivity index is 1.16. The fourth-order valence-corrected chi connectivity index (χ4v) is 7.72. The zero-order valence-corrected chi connectivity index (χ0v) is 25.7. The number of ketones is 1. The minimum Gasteiger partial charge on any atom is -0.423 e. The Labute approximate surface area is 253 Å². The number of hydrogen-bond donors (Lipinski definition) is 0. The summed E-state index contributed by atoms with van der Waals surface area (Å²) in [6.45, 7) is 9.16. The molecule has 7 heteroatoms. The van der Waals surface area contributed by atoms with Crippen LogP contribution in [0.25, 0.3) is 0 Å². The van der Waals surface area contributed by atoms with Gasteiger partial charge in [0.2, 0.25) is 0 Å². The van der Waals surface area contributed by atoms with E-state index >= 15 is 0 Å². The van der Waals surface area contributed by atoms with Crippen LogP contribution in [-0.2, 0) is 6.54 Å². The smallest absolute Gasteiger partial charge is 0.343 e. The quantitative estimate of drug-likeness (QED) is 0.129. The lowest BCUT2D eigenvalue weighted by molar-refractivity contribution is 0.0650. The van der Waals surface area contributed by atoms with Crippen molar-refractivity contribution in [3.05, 3.63) is 94.5 Å². The van der Waals surface area contributed by atoms with E-state index in [1.807, 2.05) is 55.1 Å². The Morgan fingerprint density at radius 1 is 0.902 bits per heavy atom. The van der Waals surface area contributed by atoms with Gasteiger partial charge in [0.25, 0.3) is 0 Å². The number of rotatable bonds is 11. The zero-order valence-electron chi connectivity index (χ0n) is 24.1. The van der Waals surface area contributed by atoms with Gasteiger partial charge in [-0.15, -0.1) is 11.8 Å². The largest absolute Gasteiger partial charge is 0.423 e. The van der Waals surface area contributed by atoms with E-state index in [0.717, 1.165) is 50.3 Å². The zero-order chi connectivity index (χ0) is 28.9. The number of benzene rings is 3. The average molecular weight is 591 g/mol. The molecule has 2 saturated heterocycles. The predicted octanol–water partition coefficient (Wildman–Crippen LogP) is 7.76. The molecular formula is C34H39ClN2O3S. The fraction of sp³-hybridized carbons (Fsp3) is 0.412. The third-order valence-corrected chi connectivity index (χ3v) is 10.0. The van der Waals surface area contributed by atoms with Crippen LogP contribution < -0.4 is 4.74 Å². The Morgan fingerprint density at radius 3 is 2.07 bits per heavy atom. The number of halogens is 1. The molecule has 41 heavy (non-hydrogen) atoms. The molecule has 5 nitrogen and oxygen atoms in total. The van der Waals surface area contributed by atoms with E-state index in [1.54, 1.807) is 24.3 Å². The number of esters is 1. The number of fused-ring (bicyclic) bond motifs is 2. The van der Waals surface area contributed by atoms with Crippen molar-refractivity contribution in [2.45, 2.75) is 81.3 Å². The summed E-state index contributed by atoms with van der Waals surface area (Å²) in [5, 5.41) is 1.32. The molecule has 3 aromatic rings. The van der Waals surface area contributed by atoms with Gasteiger partial charge in [0.1, 0.15) is 5.75 Å². The molecule has 0 N–H and O–H groups in total. The lowest BCUT2D eigenvalue weighted by Gasteiger charge is -2.41. The molecule has 0 aliphatic carbocycles. The van der Waals surface area contributed by atoms with E-state index in [-0.39, 0.29) is 11.8 Å². The van der Waals surface area contributed by atoms with E-state index in [4.69, 9.17) is 16.3 Å². The van der Waals surface area contributed by atoms with Gasteiger partial charge in [0.05, 0.1) is 11.6 Å². The molecule has 2 bridgehead atoms. The van der Waals surface area contributed by atoms with Gasteiger partial charge in [-0.05, 0) is 112 Å². The number of carbonyl (C=O) groups is 2. The summed E-state index contributed by atoms with van der Waals surface area (Å²) >= 11 is 7.99. The summed E-state index contributed by atoms with van der Waals surface area (Å²) < 4.78 is 5.61. The number of piperidine rings is 1. The van der Waals surface area contributed by atoms with E-state index in [1.165, 1.54) is 10.5 Å². The number of hydrogen-bond acceptors (Lipinski definition) is 6. The van der Waals surface area contributed by atoms with Gasteiger partial charge in [0.15, 0.2) is 5.78 Å². The molecule has 2 heterocycles. The average Bonchev–Trinajstić information content (AvgIpc) is 3.26. The molecule has 0 saturated carbocycles. The molecule has 0 amide bonds. The number of ether oxygens (including phenoxy) is 1. The summed E-state index contributed by atoms with van der Waals surface area (Å²) in [5.41, 5.74) is 2.32. The minimum atomic E-state index is -0.400. The van der Waals surface area contributed by atoms with Gasteiger partial charge < -0.3 is 4.74 Å². The Morgan fingerprint density at radius 2 is 1.49 bits per heavy atom. The second-order valence-electron chi connectivity index (χ2n) is 11.1. The van der Waals surface area contributed by atoms with Crippen LogP contribution in [-0.4, -0.2) is 58.0 Å². The highest BCUT2D eigenvalue weighted by Gasteiger charge is 2.44. The summed E-state index contributed by atoms with van der Waals surface area (Å²) in [5.74, 6) is 0.154. The maximum atomic E-state index is 13.5. The van der Waals surface area contributed by atoms with Crippen LogP contribution in [0.2, 0.25) is 5.02 Å². The second-order valence-corrected chi connectivity index (χ2v) is 12.9. The van der Waals surface area contributed by atoms with E-state index in [2.05, 4.69) is 35.8 Å². The van der Waals surface area contributed by atoms with Crippen LogP contribution in [0.15, 0.2) is 77.7 Å². The summed E-state index contributed by atoms with van der Waals surface area (Å²) in [7, 11) is 0. The number of Topliss-reactive ketones (excluding diaryl/α,β-unsaturated/α-hetero) is 1. The highest BCUT2D eigenvalue weighted by molar-refractivity contribution is 8.00. The molecule has 0 aromatic heterocycles. The Kier molecular flexibility index (Phi) is 9.87. The molecule has 2 aliphatic rings. The monoisotopic (exact) mass is 590 g/mol. The predicted molar refractivity (Wildman–Crippen MR) is 167 cm³/mol. The third kappa shape index (κ3) is 7.23. The highest BCUT2D eigenvalue weighted by Crippen LogP contribution is 2.43. The summed E-state index contributed by atoms with van der Waals surface area (Å²) in [6, 6.07) is 23.3. The van der Waals surface area contributed by atoms with Crippen molar-refractivity contribution in [2.75, 3.05) is 13.1 Å². The van der Waals surface area contributed by atoms with Crippen LogP contribution >= 0.6 is 23.4 Å². The highest BCUT2D eigenvalue weighted by atomic mass is 35.5. The summed E-state index contributed by atoms with van der Waals surface area (Å²) in [4.78, 5) is 32.3. The third-order valence-electron chi connectivity index (χ3n) is 8.53. The number of thioether (sulfide) groups is 1. The van der Waals surface area contributed by atoms with Crippen LogP contribution in [0.4, 0.5) is 0 Å². The Bertz CT molecular complexity index is 1310. The van der Waals surface area contributed by atoms with Crippen LogP contribution in [0.3, 0.4) is 0 Å². The van der Waals surface area contributed by atoms with Gasteiger partial charge in [-0.1, -0.05) is 37.6 Å². The van der Waals surface area contributed by atoms with Crippen molar-refractivity contribution in [1.29, 1.82) is 0 Å². The van der Waals surface area contributed by atoms with Crippen molar-refractivity contribution >= 4 is 35.1 Å². The lowest BCUT2D eigenvalue weighted by atomic mass is 9.96. The van der Waals surface area contributed by atoms with Crippen molar-refractivity contribution in [3.8, 4) is 5.75 Å². The van der Waals surface area contributed by atoms with E-state index in [0.29, 0.717) is 34.2 Å². The molecule has 0 spiro atoms. The maximum absolute atomic E-state index is 13.5. The van der Waals surface area contributed by atoms with Crippen molar-refractivity contribution in [1.82, 2.24) is 9.80 Å². The first-order chi connectivity index (χ1) is 19.8. The van der Waals surface area contributed by atoms with Gasteiger partial charge >= 0.3 is 5.97 Å². The first-order valence-corrected chi connectivity index (χ1v) is 16.0. The minimum absolute atomic E-state index is 0.118. The molecule has 3 unspecified atom stereocenters. The molecule has 216 valence electrons. The van der Waals surface area contributed by atoms with Crippen molar-refractivity contribution in [2.24, 2.45) is 0 Å². The first-order valence-electron chi connectivity index (χ1n) is 14.7. The lowest BCUT2D eigenvalue weighted by Crippen LogP contribution is -2.51. The molecule has 3 atom stereocenters. The molecule has 5 rings (SSSR count). The molecule has 2 fully saturated rings. The Hall–Kier alpha value is -2.64. The number of carbonyl (C=O) groups excluding carboxylic acids is 2. The first kappa shape index (κ1) is 29.8. The van der Waals surface area contributed by atoms with Crippen molar-refractivity contribution in [3.63, 3.8) is 0 Å². The SMILES string of the molecule is CCN(CC)Cc1ccc(C(=O)Oc2ccc(C(=O)C(C)N3C4CCC3CC(Sc3ccc(Cl)cc3)C4)cc2)cc1. The van der Waals surface area contributed by atoms with E-state index in [9.17, 15) is 9.59 Å². The van der Waals surface area contributed by atoms with Crippen LogP contribution in [0.1, 0.15) is 72.7 Å². The normalized spacial score (nSPS) is 21.1. The van der Waals surface area contributed by atoms with Crippen molar-refractivity contribution < 1.29 is 14.3 Å². The van der Waals surface area contributed by atoms with E-state index < -0.39 is 5.97 Å². The van der Waals surface area contributed by atoms with Gasteiger partial charge in [-0.3, -0.25) is 14.6 Å². The maximum Gasteiger partial charge on any atom is 0.343 e. The second kappa shape index (κ2) is 13.6. The van der Waals surface area contributed by atoms with Crippen LogP contribution in [0.5, 0.6) is 5.75 Å². The number of nitrogens with zero attached hydrogens (tertiary/aromatic N) is 2. The molecule has 0 radical (unpaired) electrons. The molecule has 3 aromatic carbocycles. The van der Waals surface area contributed by atoms with Gasteiger partial charge in [-0.2, -0.15) is 0 Å². The fourth-order valence-electron chi connectivity index (χ4n) is 6.28. The van der Waals surface area contributed by atoms with Gasteiger partial charge in [-0.25, -0.2) is 4.79 Å². The summed E-state index contributed by atoms with van der Waals surface area (Å²) in [6.07, 6.45) is 4.47. The van der Waals surface area contributed by atoms with Gasteiger partial charge in [0, 0.05) is 39.4 Å². The molecular weight excluding hydrogens is 552 g/mol. The van der Waals surface area contributed by atoms with Crippen LogP contribution in [0, 0.1) is 0 Å². The molecule has 2 aliphatic heterocycles. The topological polar surface area (TPSA) is 49.9 Å². The standard InChI is InChI=1S/C34H39ClN2O3S/c1-4-36(5-2)22-24-6-8-26(9-7-24)34(39)40-30-16-10-25(11-17-30)33(38)23(3)37-28-14-15-29(37)21-32(20-28)41-31-18-12-27(35)13-19-31/h6-13,16-19,23,28-29,32H,4-5,14-15,20-22H2,1-3H3.